The van der Waals surface area contributed by atoms with Crippen LogP contribution in [0.5, 0.6) is 0 Å². The summed E-state index contributed by atoms with van der Waals surface area (Å²) in [6, 6.07) is 19.4. The lowest BCUT2D eigenvalue weighted by molar-refractivity contribution is 0.818. The Hall–Kier alpha value is -3.20. The van der Waals surface area contributed by atoms with E-state index in [1.165, 1.54) is 32.9 Å². The highest BCUT2D eigenvalue weighted by Gasteiger charge is 2.15. The zero-order valence-electron chi connectivity index (χ0n) is 15.4. The van der Waals surface area contributed by atoms with Crippen LogP contribution in [0.1, 0.15) is 24.0 Å². The lowest BCUT2D eigenvalue weighted by Crippen LogP contribution is -2.11. The number of fused-ring (bicyclic) bond motifs is 3. The third kappa shape index (κ3) is 2.76. The molecule has 0 N–H and O–H groups in total. The molecule has 27 heavy (non-hydrogen) atoms. The highest BCUT2D eigenvalue weighted by molar-refractivity contribution is 6.15. The second-order valence-electron chi connectivity index (χ2n) is 7.10. The van der Waals surface area contributed by atoms with Gasteiger partial charge in [-0.05, 0) is 60.4 Å². The molecule has 0 atom stereocenters. The average molecular weight is 351 g/mol. The summed E-state index contributed by atoms with van der Waals surface area (Å²) in [6.45, 7) is 0.893. The zero-order chi connectivity index (χ0) is 18.2. The van der Waals surface area contributed by atoms with Crippen molar-refractivity contribution in [2.75, 3.05) is 6.54 Å². The van der Waals surface area contributed by atoms with Crippen LogP contribution in [0.4, 0.5) is 0 Å². The molecule has 0 amide bonds. The minimum absolute atomic E-state index is 0.893. The molecular formula is C24H21N3. The number of allylic oxidation sites excluding steroid dienone is 1. The maximum Gasteiger partial charge on any atom is 0.0694 e. The molecule has 0 saturated heterocycles. The number of nitrogens with zero attached hydrogens (tertiary/aromatic N) is 3. The molecule has 0 bridgehead atoms. The minimum Gasteiger partial charge on any atom is -0.344 e. The summed E-state index contributed by atoms with van der Waals surface area (Å²) in [5.41, 5.74) is 7.26. The molecule has 0 aliphatic carbocycles. The van der Waals surface area contributed by atoms with Crippen molar-refractivity contribution < 1.29 is 0 Å². The zero-order valence-corrected chi connectivity index (χ0v) is 15.4. The molecule has 3 nitrogen and oxygen atoms in total. The quantitative estimate of drug-likeness (QED) is 0.476. The first-order valence-corrected chi connectivity index (χ1v) is 9.44. The third-order valence-corrected chi connectivity index (χ3v) is 5.39. The van der Waals surface area contributed by atoms with E-state index in [1.54, 1.807) is 0 Å². The van der Waals surface area contributed by atoms with E-state index in [4.69, 9.17) is 4.99 Å². The van der Waals surface area contributed by atoms with Crippen molar-refractivity contribution in [2.24, 2.45) is 12.0 Å². The number of rotatable bonds is 2. The van der Waals surface area contributed by atoms with Crippen molar-refractivity contribution in [2.45, 2.75) is 12.8 Å². The van der Waals surface area contributed by atoms with Crippen LogP contribution in [-0.4, -0.2) is 21.8 Å². The topological polar surface area (TPSA) is 30.2 Å². The Bertz CT molecular complexity index is 1200. The molecule has 2 aromatic heterocycles. The summed E-state index contributed by atoms with van der Waals surface area (Å²) >= 11 is 0. The number of benzene rings is 2. The van der Waals surface area contributed by atoms with Gasteiger partial charge in [0.25, 0.3) is 0 Å². The summed E-state index contributed by atoms with van der Waals surface area (Å²) in [6.07, 6.45) is 8.18. The van der Waals surface area contributed by atoms with Crippen molar-refractivity contribution in [3.63, 3.8) is 0 Å². The van der Waals surface area contributed by atoms with Gasteiger partial charge in [-0.25, -0.2) is 0 Å². The summed E-state index contributed by atoms with van der Waals surface area (Å²) in [4.78, 5) is 9.07. The molecule has 0 radical (unpaired) electrons. The molecule has 3 heterocycles. The molecule has 2 aromatic carbocycles. The van der Waals surface area contributed by atoms with E-state index < -0.39 is 0 Å². The second kappa shape index (κ2) is 6.51. The SMILES string of the molecule is Cn1c2ccccc2c2cc(/C=C3\CCCN=C3c3cccnc3)ccc21. The normalized spacial score (nSPS) is 16.2. The van der Waals surface area contributed by atoms with Crippen LogP contribution in [0.2, 0.25) is 0 Å². The number of pyridine rings is 1. The third-order valence-electron chi connectivity index (χ3n) is 5.39. The fourth-order valence-corrected chi connectivity index (χ4v) is 4.08. The molecule has 1 aliphatic rings. The molecule has 0 saturated carbocycles. The Labute approximate surface area is 158 Å². The fraction of sp³-hybridized carbons (Fsp3) is 0.167. The van der Waals surface area contributed by atoms with Crippen LogP contribution in [-0.2, 0) is 7.05 Å². The standard InChI is InChI=1S/C24H21N3/c1-27-22-9-3-2-8-20(22)21-15-17(10-11-23(21)27)14-18-6-5-13-26-24(18)19-7-4-12-25-16-19/h2-4,7-12,14-16H,5-6,13H2,1H3/b18-14+. The van der Waals surface area contributed by atoms with Crippen molar-refractivity contribution in [3.05, 3.63) is 83.7 Å². The van der Waals surface area contributed by atoms with E-state index in [0.717, 1.165) is 30.7 Å². The van der Waals surface area contributed by atoms with Gasteiger partial charge < -0.3 is 4.57 Å². The summed E-state index contributed by atoms with van der Waals surface area (Å²) < 4.78 is 2.27. The predicted molar refractivity (Wildman–Crippen MR) is 113 cm³/mol. The van der Waals surface area contributed by atoms with Crippen molar-refractivity contribution >= 4 is 33.6 Å². The van der Waals surface area contributed by atoms with Crippen molar-refractivity contribution in [1.29, 1.82) is 0 Å². The Balaban J connectivity index is 1.64. The number of hydrogen-bond donors (Lipinski definition) is 0. The molecule has 5 rings (SSSR count). The summed E-state index contributed by atoms with van der Waals surface area (Å²) in [5.74, 6) is 0. The van der Waals surface area contributed by atoms with E-state index >= 15 is 0 Å². The van der Waals surface area contributed by atoms with Crippen LogP contribution in [0.15, 0.2) is 77.6 Å². The second-order valence-corrected chi connectivity index (χ2v) is 7.10. The van der Waals surface area contributed by atoms with Gasteiger partial charge in [-0.2, -0.15) is 0 Å². The highest BCUT2D eigenvalue weighted by atomic mass is 14.9. The molecule has 0 fully saturated rings. The van der Waals surface area contributed by atoms with Gasteiger partial charge in [-0.15, -0.1) is 0 Å². The Morgan fingerprint density at radius 1 is 0.963 bits per heavy atom. The number of para-hydroxylation sites is 1. The summed E-state index contributed by atoms with van der Waals surface area (Å²) in [5, 5.41) is 2.61. The molecule has 0 spiro atoms. The van der Waals surface area contributed by atoms with Gasteiger partial charge in [0.1, 0.15) is 0 Å². The minimum atomic E-state index is 0.893. The Kier molecular flexibility index (Phi) is 3.86. The average Bonchev–Trinajstić information content (AvgIpc) is 3.01. The highest BCUT2D eigenvalue weighted by Crippen LogP contribution is 2.30. The van der Waals surface area contributed by atoms with E-state index in [9.17, 15) is 0 Å². The molecule has 0 unspecified atom stereocenters. The Morgan fingerprint density at radius 3 is 2.74 bits per heavy atom. The largest absolute Gasteiger partial charge is 0.344 e. The number of hydrogen-bond acceptors (Lipinski definition) is 2. The maximum absolute atomic E-state index is 4.80. The van der Waals surface area contributed by atoms with E-state index in [-0.39, 0.29) is 0 Å². The lowest BCUT2D eigenvalue weighted by Gasteiger charge is -2.16. The van der Waals surface area contributed by atoms with Crippen LogP contribution in [0, 0.1) is 0 Å². The first-order chi connectivity index (χ1) is 13.3. The fourth-order valence-electron chi connectivity index (χ4n) is 4.08. The van der Waals surface area contributed by atoms with Gasteiger partial charge in [0.15, 0.2) is 0 Å². The van der Waals surface area contributed by atoms with Crippen LogP contribution in [0.3, 0.4) is 0 Å². The molecule has 132 valence electrons. The first-order valence-electron chi connectivity index (χ1n) is 9.44. The smallest absolute Gasteiger partial charge is 0.0694 e. The van der Waals surface area contributed by atoms with Gasteiger partial charge in [-0.3, -0.25) is 9.98 Å². The van der Waals surface area contributed by atoms with Crippen LogP contribution in [0.25, 0.3) is 27.9 Å². The number of aliphatic imine (C=N–C) groups is 1. The maximum atomic E-state index is 4.80. The van der Waals surface area contributed by atoms with E-state index in [1.807, 2.05) is 18.5 Å². The van der Waals surface area contributed by atoms with Crippen molar-refractivity contribution in [1.82, 2.24) is 9.55 Å². The Morgan fingerprint density at radius 2 is 1.85 bits per heavy atom. The lowest BCUT2D eigenvalue weighted by atomic mass is 9.94. The van der Waals surface area contributed by atoms with Gasteiger partial charge >= 0.3 is 0 Å². The van der Waals surface area contributed by atoms with Gasteiger partial charge in [0, 0.05) is 53.4 Å². The van der Waals surface area contributed by atoms with E-state index in [2.05, 4.69) is 71.2 Å². The first kappa shape index (κ1) is 16.0. The van der Waals surface area contributed by atoms with Gasteiger partial charge in [0.05, 0.1) is 5.71 Å². The molecule has 3 heteroatoms. The molecule has 1 aliphatic heterocycles. The number of aryl methyl sites for hydroxylation is 1. The monoisotopic (exact) mass is 351 g/mol. The van der Waals surface area contributed by atoms with Gasteiger partial charge in [-0.1, -0.05) is 24.3 Å². The molecular weight excluding hydrogens is 330 g/mol. The van der Waals surface area contributed by atoms with Crippen LogP contribution >= 0.6 is 0 Å². The predicted octanol–water partition coefficient (Wildman–Crippen LogP) is 5.39. The van der Waals surface area contributed by atoms with Crippen molar-refractivity contribution in [3.8, 4) is 0 Å². The van der Waals surface area contributed by atoms with E-state index in [0.29, 0.717) is 0 Å². The number of aromatic nitrogens is 2. The molecule has 4 aromatic rings. The summed E-state index contributed by atoms with van der Waals surface area (Å²) in [7, 11) is 2.14. The van der Waals surface area contributed by atoms with Gasteiger partial charge in [0.2, 0.25) is 0 Å². The van der Waals surface area contributed by atoms with Crippen LogP contribution < -0.4 is 0 Å².